The third kappa shape index (κ3) is 5.64. The van der Waals surface area contributed by atoms with Crippen LogP contribution in [0, 0.1) is 0 Å². The molecule has 0 amide bonds. The number of nitrogens with two attached hydrogens (primary N) is 1. The topological polar surface area (TPSA) is 103 Å². The Morgan fingerprint density at radius 2 is 1.92 bits per heavy atom. The monoisotopic (exact) mass is 537 g/mol. The van der Waals surface area contributed by atoms with E-state index in [2.05, 4.69) is 22.6 Å². The number of hydrogen-bond acceptors (Lipinski definition) is 10. The van der Waals surface area contributed by atoms with E-state index in [0.29, 0.717) is 48.0 Å². The van der Waals surface area contributed by atoms with Crippen LogP contribution >= 0.6 is 12.6 Å². The summed E-state index contributed by atoms with van der Waals surface area (Å²) in [4.78, 5) is 21.8. The summed E-state index contributed by atoms with van der Waals surface area (Å²) < 4.78 is 17.0. The van der Waals surface area contributed by atoms with Gasteiger partial charge in [-0.25, -0.2) is 15.0 Å². The molecule has 0 unspecified atom stereocenters. The molecule has 6 rings (SSSR count). The second kappa shape index (κ2) is 11.5. The zero-order valence-corrected chi connectivity index (χ0v) is 22.8. The molecule has 202 valence electrons. The van der Waals surface area contributed by atoms with Crippen LogP contribution in [0.1, 0.15) is 42.5 Å². The Kier molecular flexibility index (Phi) is 8.15. The van der Waals surface area contributed by atoms with E-state index in [0.717, 1.165) is 41.3 Å². The molecular formula is C28H35N5O4S. The number of aromatic nitrogens is 2. The van der Waals surface area contributed by atoms with Crippen LogP contribution in [-0.4, -0.2) is 73.6 Å². The third-order valence-electron chi connectivity index (χ3n) is 7.39. The minimum Gasteiger partial charge on any atom is -0.480 e. The van der Waals surface area contributed by atoms with Crippen LogP contribution < -0.4 is 15.5 Å². The van der Waals surface area contributed by atoms with Gasteiger partial charge in [0.25, 0.3) is 0 Å². The number of ether oxygens (including phenoxy) is 3. The lowest BCUT2D eigenvalue weighted by molar-refractivity contribution is -0.173. The maximum Gasteiger partial charge on any atom is 0.226 e. The van der Waals surface area contributed by atoms with Crippen molar-refractivity contribution in [2.45, 2.75) is 48.8 Å². The van der Waals surface area contributed by atoms with Crippen molar-refractivity contribution in [2.24, 2.45) is 5.73 Å². The van der Waals surface area contributed by atoms with Crippen molar-refractivity contribution in [3.8, 4) is 17.0 Å². The molecule has 1 aliphatic carbocycles. The molecule has 2 aliphatic heterocycles. The van der Waals surface area contributed by atoms with Gasteiger partial charge < -0.3 is 19.9 Å². The van der Waals surface area contributed by atoms with Gasteiger partial charge in [0.2, 0.25) is 5.88 Å². The normalized spacial score (nSPS) is 19.5. The van der Waals surface area contributed by atoms with Gasteiger partial charge in [-0.05, 0) is 42.7 Å². The first kappa shape index (κ1) is 26.8. The second-order valence-electron chi connectivity index (χ2n) is 10.0. The van der Waals surface area contributed by atoms with Crippen LogP contribution in [0.2, 0.25) is 0 Å². The lowest BCUT2D eigenvalue weighted by atomic mass is 10.0. The maximum absolute atomic E-state index is 12.0. The molecule has 10 heteroatoms. The van der Waals surface area contributed by atoms with E-state index in [1.54, 1.807) is 13.3 Å². The number of hydrazine groups is 1. The van der Waals surface area contributed by atoms with Crippen molar-refractivity contribution in [2.75, 3.05) is 45.5 Å². The smallest absolute Gasteiger partial charge is 0.226 e. The lowest BCUT2D eigenvalue weighted by Crippen LogP contribution is -2.57. The average Bonchev–Trinajstić information content (AvgIpc) is 3.61. The van der Waals surface area contributed by atoms with Crippen LogP contribution in [0.4, 0.5) is 5.82 Å². The van der Waals surface area contributed by atoms with Crippen LogP contribution in [-0.2, 0) is 9.47 Å². The second-order valence-corrected chi connectivity index (χ2v) is 10.5. The van der Waals surface area contributed by atoms with Crippen LogP contribution in [0.3, 0.4) is 0 Å². The number of hydrogen-bond donors (Lipinski definition) is 2. The summed E-state index contributed by atoms with van der Waals surface area (Å²) in [5.74, 6) is 0.440. The number of carbonyl (C=O) groups is 1. The van der Waals surface area contributed by atoms with Gasteiger partial charge in [0, 0.05) is 43.2 Å². The number of rotatable bonds is 4. The summed E-state index contributed by atoms with van der Waals surface area (Å²) >= 11 is 4.44. The van der Waals surface area contributed by atoms with E-state index < -0.39 is 5.79 Å². The van der Waals surface area contributed by atoms with Crippen LogP contribution in [0.5, 0.6) is 5.88 Å². The van der Waals surface area contributed by atoms with Crippen LogP contribution in [0.15, 0.2) is 41.4 Å². The van der Waals surface area contributed by atoms with Crippen molar-refractivity contribution in [3.05, 3.63) is 42.1 Å². The Morgan fingerprint density at radius 3 is 2.55 bits per heavy atom. The largest absolute Gasteiger partial charge is 0.480 e. The molecule has 2 aromatic heterocycles. The standard InChI is InChI=1S/C23H24N4O4S.C5H11N/c1-26-6-5-23(30-7-8-31-23)14-27(26)21-18(13-28)10-16-9-15(3-4-19(16)25-21)17-11-20(32)22(29-2)24-12-17;6-5-3-1-2-4-5/h3-4,9-13,32H,5-8,14H2,1-2H3;5H,1-4,6H2. The van der Waals surface area contributed by atoms with Gasteiger partial charge >= 0.3 is 0 Å². The molecule has 1 aromatic carbocycles. The highest BCUT2D eigenvalue weighted by molar-refractivity contribution is 7.80. The molecule has 3 aromatic rings. The predicted octanol–water partition coefficient (Wildman–Crippen LogP) is 4.09. The van der Waals surface area contributed by atoms with E-state index in [4.69, 9.17) is 24.9 Å². The first-order chi connectivity index (χ1) is 18.4. The molecule has 38 heavy (non-hydrogen) atoms. The molecule has 1 saturated carbocycles. The zero-order chi connectivity index (χ0) is 26.7. The summed E-state index contributed by atoms with van der Waals surface area (Å²) in [5, 5.41) is 4.91. The van der Waals surface area contributed by atoms with Gasteiger partial charge in [0.05, 0.1) is 42.8 Å². The average molecular weight is 538 g/mol. The number of benzene rings is 1. The van der Waals surface area contributed by atoms with Gasteiger partial charge in [-0.2, -0.15) is 0 Å². The molecular weight excluding hydrogens is 502 g/mol. The van der Waals surface area contributed by atoms with Crippen molar-refractivity contribution >= 4 is 35.6 Å². The van der Waals surface area contributed by atoms with E-state index in [1.165, 1.54) is 25.7 Å². The summed E-state index contributed by atoms with van der Waals surface area (Å²) in [7, 11) is 3.55. The number of aldehydes is 1. The molecule has 3 fully saturated rings. The summed E-state index contributed by atoms with van der Waals surface area (Å²) in [6.45, 7) is 2.40. The number of pyridine rings is 2. The molecule has 4 heterocycles. The van der Waals surface area contributed by atoms with Crippen molar-refractivity contribution in [1.29, 1.82) is 0 Å². The van der Waals surface area contributed by atoms with E-state index in [1.807, 2.05) is 42.4 Å². The molecule has 2 N–H and O–H groups in total. The number of carbonyl (C=O) groups excluding carboxylic acids is 1. The lowest BCUT2D eigenvalue weighted by Gasteiger charge is -2.44. The summed E-state index contributed by atoms with van der Waals surface area (Å²) in [5.41, 5.74) is 8.70. The molecule has 0 radical (unpaired) electrons. The Bertz CT molecular complexity index is 1290. The number of thiol groups is 1. The highest BCUT2D eigenvalue weighted by Crippen LogP contribution is 2.34. The predicted molar refractivity (Wildman–Crippen MR) is 150 cm³/mol. The number of fused-ring (bicyclic) bond motifs is 1. The number of nitrogens with zero attached hydrogens (tertiary/aromatic N) is 4. The van der Waals surface area contributed by atoms with Crippen molar-refractivity contribution in [1.82, 2.24) is 15.0 Å². The van der Waals surface area contributed by atoms with Gasteiger partial charge in [-0.1, -0.05) is 18.9 Å². The summed E-state index contributed by atoms with van der Waals surface area (Å²) in [6.07, 6.45) is 8.62. The van der Waals surface area contributed by atoms with E-state index in [9.17, 15) is 4.79 Å². The highest BCUT2D eigenvalue weighted by Gasteiger charge is 2.43. The van der Waals surface area contributed by atoms with Gasteiger partial charge in [0.1, 0.15) is 0 Å². The van der Waals surface area contributed by atoms with Gasteiger partial charge in [-0.3, -0.25) is 9.80 Å². The fourth-order valence-corrected chi connectivity index (χ4v) is 5.51. The maximum atomic E-state index is 12.0. The van der Waals surface area contributed by atoms with E-state index >= 15 is 0 Å². The first-order valence-corrected chi connectivity index (χ1v) is 13.5. The van der Waals surface area contributed by atoms with Crippen molar-refractivity contribution in [3.63, 3.8) is 0 Å². The summed E-state index contributed by atoms with van der Waals surface area (Å²) in [6, 6.07) is 10.3. The zero-order valence-electron chi connectivity index (χ0n) is 21.9. The minimum atomic E-state index is -0.640. The molecule has 1 spiro atoms. The minimum absolute atomic E-state index is 0.478. The van der Waals surface area contributed by atoms with Gasteiger partial charge in [-0.15, -0.1) is 12.6 Å². The first-order valence-electron chi connectivity index (χ1n) is 13.1. The fraction of sp³-hybridized carbons (Fsp3) is 0.464. The Hall–Kier alpha value is -2.76. The molecule has 0 bridgehead atoms. The van der Waals surface area contributed by atoms with E-state index in [-0.39, 0.29) is 0 Å². The third-order valence-corrected chi connectivity index (χ3v) is 7.71. The van der Waals surface area contributed by atoms with Gasteiger partial charge in [0.15, 0.2) is 17.9 Å². The highest BCUT2D eigenvalue weighted by atomic mass is 32.1. The molecule has 0 atom stereocenters. The quantitative estimate of drug-likeness (QED) is 0.376. The number of methoxy groups -OCH3 is 1. The fourth-order valence-electron chi connectivity index (χ4n) is 5.22. The van der Waals surface area contributed by atoms with Crippen molar-refractivity contribution < 1.29 is 19.0 Å². The Labute approximate surface area is 228 Å². The Morgan fingerprint density at radius 1 is 1.16 bits per heavy atom. The SMILES string of the molecule is COc1ncc(-c2ccc3nc(N4CC5(CCN4C)OCCO5)c(C=O)cc3c2)cc1S.NC1CCCC1. The Balaban J connectivity index is 0.000000433. The molecule has 2 saturated heterocycles. The molecule has 9 nitrogen and oxygen atoms in total. The molecule has 3 aliphatic rings. The number of anilines is 1. The van der Waals surface area contributed by atoms with Crippen LogP contribution in [0.25, 0.3) is 22.0 Å².